The number of fused-ring (bicyclic) bond motifs is 1. The Labute approximate surface area is 182 Å². The SMILES string of the molecule is COc1cc(C)cc(C)c1-c1nccn2c(N(CC3CC3)CC3CC3)c(SC)nc12. The maximum absolute atomic E-state index is 5.75. The number of benzene rings is 1. The van der Waals surface area contributed by atoms with E-state index >= 15 is 0 Å². The molecule has 5 nitrogen and oxygen atoms in total. The van der Waals surface area contributed by atoms with Crippen LogP contribution in [0.1, 0.15) is 36.8 Å². The van der Waals surface area contributed by atoms with E-state index in [0.29, 0.717) is 0 Å². The van der Waals surface area contributed by atoms with Crippen molar-refractivity contribution in [1.82, 2.24) is 14.4 Å². The summed E-state index contributed by atoms with van der Waals surface area (Å²) in [5.41, 5.74) is 5.20. The normalized spacial score (nSPS) is 16.3. The van der Waals surface area contributed by atoms with E-state index in [2.05, 4.69) is 47.7 Å². The predicted molar refractivity (Wildman–Crippen MR) is 124 cm³/mol. The average molecular weight is 423 g/mol. The largest absolute Gasteiger partial charge is 0.496 e. The van der Waals surface area contributed by atoms with Crippen LogP contribution in [0.5, 0.6) is 5.75 Å². The molecule has 0 atom stereocenters. The third kappa shape index (κ3) is 3.66. The topological polar surface area (TPSA) is 42.7 Å². The second-order valence-electron chi connectivity index (χ2n) is 8.86. The quantitative estimate of drug-likeness (QED) is 0.457. The van der Waals surface area contributed by atoms with Gasteiger partial charge in [-0.05, 0) is 74.8 Å². The Morgan fingerprint density at radius 3 is 2.43 bits per heavy atom. The summed E-state index contributed by atoms with van der Waals surface area (Å²) < 4.78 is 8.01. The third-order valence-electron chi connectivity index (χ3n) is 6.23. The van der Waals surface area contributed by atoms with Crippen LogP contribution >= 0.6 is 11.8 Å². The molecule has 0 bridgehead atoms. The second-order valence-corrected chi connectivity index (χ2v) is 9.66. The molecule has 6 heteroatoms. The number of hydrogen-bond acceptors (Lipinski definition) is 5. The lowest BCUT2D eigenvalue weighted by Gasteiger charge is -2.25. The fourth-order valence-corrected chi connectivity index (χ4v) is 5.00. The van der Waals surface area contributed by atoms with E-state index in [4.69, 9.17) is 14.7 Å². The van der Waals surface area contributed by atoms with Crippen LogP contribution in [0.15, 0.2) is 29.6 Å². The summed E-state index contributed by atoms with van der Waals surface area (Å²) in [6.07, 6.45) is 11.5. The van der Waals surface area contributed by atoms with Crippen LogP contribution in [-0.2, 0) is 0 Å². The average Bonchev–Trinajstić information content (AvgIpc) is 3.66. The number of hydrogen-bond donors (Lipinski definition) is 0. The number of thioether (sulfide) groups is 1. The summed E-state index contributed by atoms with van der Waals surface area (Å²) in [5.74, 6) is 3.77. The van der Waals surface area contributed by atoms with Gasteiger partial charge in [-0.15, -0.1) is 11.8 Å². The highest BCUT2D eigenvalue weighted by atomic mass is 32.2. The minimum Gasteiger partial charge on any atom is -0.496 e. The van der Waals surface area contributed by atoms with Gasteiger partial charge in [0, 0.05) is 31.0 Å². The van der Waals surface area contributed by atoms with Crippen molar-refractivity contribution >= 4 is 23.2 Å². The number of rotatable bonds is 8. The Kier molecular flexibility index (Phi) is 5.13. The van der Waals surface area contributed by atoms with E-state index in [-0.39, 0.29) is 0 Å². The Morgan fingerprint density at radius 2 is 1.83 bits per heavy atom. The van der Waals surface area contributed by atoms with Gasteiger partial charge in [0.1, 0.15) is 22.3 Å². The highest BCUT2D eigenvalue weighted by Gasteiger charge is 2.32. The first-order chi connectivity index (χ1) is 14.6. The number of imidazole rings is 1. The lowest BCUT2D eigenvalue weighted by molar-refractivity contribution is 0.415. The summed E-state index contributed by atoms with van der Waals surface area (Å²) in [6.45, 7) is 6.51. The highest BCUT2D eigenvalue weighted by molar-refractivity contribution is 7.98. The Bertz CT molecular complexity index is 1070. The molecule has 30 heavy (non-hydrogen) atoms. The molecule has 0 saturated heterocycles. The molecule has 0 radical (unpaired) electrons. The van der Waals surface area contributed by atoms with Crippen LogP contribution in [0.2, 0.25) is 0 Å². The fourth-order valence-electron chi connectivity index (χ4n) is 4.41. The van der Waals surface area contributed by atoms with Gasteiger partial charge in [-0.25, -0.2) is 4.98 Å². The summed E-state index contributed by atoms with van der Waals surface area (Å²) >= 11 is 1.73. The van der Waals surface area contributed by atoms with Crippen LogP contribution in [0.4, 0.5) is 5.82 Å². The van der Waals surface area contributed by atoms with Crippen molar-refractivity contribution in [2.45, 2.75) is 44.6 Å². The molecule has 0 amide bonds. The number of aryl methyl sites for hydroxylation is 2. The first-order valence-electron chi connectivity index (χ1n) is 10.9. The van der Waals surface area contributed by atoms with Crippen LogP contribution in [0.3, 0.4) is 0 Å². The molecule has 158 valence electrons. The highest BCUT2D eigenvalue weighted by Crippen LogP contribution is 2.41. The molecule has 0 spiro atoms. The number of aromatic nitrogens is 3. The molecule has 2 saturated carbocycles. The zero-order valence-electron chi connectivity index (χ0n) is 18.3. The van der Waals surface area contributed by atoms with Crippen molar-refractivity contribution in [2.75, 3.05) is 31.4 Å². The van der Waals surface area contributed by atoms with Crippen LogP contribution in [0, 0.1) is 25.7 Å². The Morgan fingerprint density at radius 1 is 1.13 bits per heavy atom. The molecule has 0 aliphatic heterocycles. The van der Waals surface area contributed by atoms with Crippen LogP contribution < -0.4 is 9.64 Å². The molecule has 3 aromatic rings. The van der Waals surface area contributed by atoms with Gasteiger partial charge in [-0.1, -0.05) is 6.07 Å². The lowest BCUT2D eigenvalue weighted by atomic mass is 10.0. The van der Waals surface area contributed by atoms with Crippen molar-refractivity contribution in [3.8, 4) is 17.0 Å². The molecular formula is C24H30N4OS. The van der Waals surface area contributed by atoms with E-state index < -0.39 is 0 Å². The fraction of sp³-hybridized carbons (Fsp3) is 0.500. The molecule has 2 fully saturated rings. The standard InChI is InChI=1S/C24H30N4OS/c1-15-11-16(2)20(19(12-15)29-3)21-22-26-23(30-4)24(28(22)10-9-25-21)27(13-17-5-6-17)14-18-7-8-18/h9-12,17-18H,5-8,13-14H2,1-4H3. The molecular weight excluding hydrogens is 392 g/mol. The summed E-state index contributed by atoms with van der Waals surface area (Å²) in [7, 11) is 1.73. The van der Waals surface area contributed by atoms with Gasteiger partial charge in [0.2, 0.25) is 0 Å². The van der Waals surface area contributed by atoms with E-state index in [9.17, 15) is 0 Å². The summed E-state index contributed by atoms with van der Waals surface area (Å²) in [6, 6.07) is 4.27. The maximum atomic E-state index is 5.75. The second kappa shape index (κ2) is 7.80. The van der Waals surface area contributed by atoms with E-state index in [1.165, 1.54) is 37.1 Å². The smallest absolute Gasteiger partial charge is 0.166 e. The Hall–Kier alpha value is -2.21. The molecule has 0 unspecified atom stereocenters. The Balaban J connectivity index is 1.68. The predicted octanol–water partition coefficient (Wildman–Crippen LogP) is 5.37. The van der Waals surface area contributed by atoms with Gasteiger partial charge in [0.25, 0.3) is 0 Å². The van der Waals surface area contributed by atoms with E-state index in [1.54, 1.807) is 18.9 Å². The number of nitrogens with zero attached hydrogens (tertiary/aromatic N) is 4. The first kappa shape index (κ1) is 19.7. The first-order valence-corrected chi connectivity index (χ1v) is 12.1. The zero-order chi connectivity index (χ0) is 20.8. The minimum absolute atomic E-state index is 0.838. The molecule has 0 N–H and O–H groups in total. The van der Waals surface area contributed by atoms with Crippen LogP contribution in [-0.4, -0.2) is 40.8 Å². The summed E-state index contributed by atoms with van der Waals surface area (Å²) in [4.78, 5) is 12.5. The zero-order valence-corrected chi connectivity index (χ0v) is 19.1. The van der Waals surface area contributed by atoms with Crippen LogP contribution in [0.25, 0.3) is 16.9 Å². The monoisotopic (exact) mass is 422 g/mol. The molecule has 5 rings (SSSR count). The van der Waals surface area contributed by atoms with Gasteiger partial charge in [-0.3, -0.25) is 9.38 Å². The molecule has 2 aliphatic rings. The number of anilines is 1. The molecule has 2 aliphatic carbocycles. The van der Waals surface area contributed by atoms with Crippen molar-refractivity contribution in [3.63, 3.8) is 0 Å². The van der Waals surface area contributed by atoms with Crippen molar-refractivity contribution in [1.29, 1.82) is 0 Å². The van der Waals surface area contributed by atoms with E-state index in [1.807, 2.05) is 6.20 Å². The number of ether oxygens (including phenoxy) is 1. The van der Waals surface area contributed by atoms with Gasteiger partial charge >= 0.3 is 0 Å². The van der Waals surface area contributed by atoms with Gasteiger partial charge in [0.15, 0.2) is 5.65 Å². The molecule has 2 aromatic heterocycles. The van der Waals surface area contributed by atoms with E-state index in [0.717, 1.165) is 58.2 Å². The third-order valence-corrected chi connectivity index (χ3v) is 6.89. The van der Waals surface area contributed by atoms with Gasteiger partial charge in [-0.2, -0.15) is 0 Å². The molecule has 2 heterocycles. The summed E-state index contributed by atoms with van der Waals surface area (Å²) in [5, 5.41) is 1.09. The number of methoxy groups -OCH3 is 1. The van der Waals surface area contributed by atoms with Crippen molar-refractivity contribution < 1.29 is 4.74 Å². The van der Waals surface area contributed by atoms with Gasteiger partial charge < -0.3 is 9.64 Å². The van der Waals surface area contributed by atoms with Gasteiger partial charge in [0.05, 0.1) is 7.11 Å². The maximum Gasteiger partial charge on any atom is 0.166 e. The minimum atomic E-state index is 0.838. The molecule has 1 aromatic carbocycles. The lowest BCUT2D eigenvalue weighted by Crippen LogP contribution is -2.29. The van der Waals surface area contributed by atoms with Crippen molar-refractivity contribution in [3.05, 3.63) is 35.7 Å². The van der Waals surface area contributed by atoms with Crippen molar-refractivity contribution in [2.24, 2.45) is 11.8 Å².